The van der Waals surface area contributed by atoms with Crippen LogP contribution < -0.4 is 11.1 Å². The lowest BCUT2D eigenvalue weighted by atomic mass is 9.81. The van der Waals surface area contributed by atoms with Gasteiger partial charge in [0.1, 0.15) is 0 Å². The molecule has 1 aromatic heterocycles. The molecule has 0 aliphatic carbocycles. The molecule has 17 heavy (non-hydrogen) atoms. The first kappa shape index (κ1) is 14.1. The molecule has 0 saturated heterocycles. The van der Waals surface area contributed by atoms with Gasteiger partial charge in [-0.25, -0.2) is 4.98 Å². The van der Waals surface area contributed by atoms with Crippen molar-refractivity contribution in [1.29, 1.82) is 0 Å². The average Bonchev–Trinajstić information content (AvgIpc) is 2.81. The number of carbonyl (C=O) groups excluding carboxylic acids is 1. The van der Waals surface area contributed by atoms with Crippen LogP contribution in [0.25, 0.3) is 0 Å². The minimum atomic E-state index is -0.731. The summed E-state index contributed by atoms with van der Waals surface area (Å²) in [7, 11) is 0. The monoisotopic (exact) mass is 271 g/mol. The molecule has 1 amide bonds. The Kier molecular flexibility index (Phi) is 5.02. The van der Waals surface area contributed by atoms with Gasteiger partial charge >= 0.3 is 0 Å². The fraction of sp³-hybridized carbons (Fsp3) is 0.545. The van der Waals surface area contributed by atoms with E-state index in [0.717, 1.165) is 5.69 Å². The van der Waals surface area contributed by atoms with E-state index in [0.29, 0.717) is 19.4 Å². The van der Waals surface area contributed by atoms with Gasteiger partial charge in [-0.3, -0.25) is 4.79 Å². The van der Waals surface area contributed by atoms with Gasteiger partial charge in [0, 0.05) is 5.38 Å². The number of amides is 1. The molecule has 0 atom stereocenters. The summed E-state index contributed by atoms with van der Waals surface area (Å²) in [5.74, 6) is -0.108. The lowest BCUT2D eigenvalue weighted by Crippen LogP contribution is -2.48. The quantitative estimate of drug-likeness (QED) is 0.775. The molecular formula is C11H17N3OS2. The van der Waals surface area contributed by atoms with E-state index in [-0.39, 0.29) is 10.9 Å². The molecule has 0 radical (unpaired) electrons. The molecule has 94 valence electrons. The lowest BCUT2D eigenvalue weighted by molar-refractivity contribution is -0.128. The molecular weight excluding hydrogens is 254 g/mol. The number of nitrogens with one attached hydrogen (secondary N) is 1. The molecule has 0 aliphatic rings. The van der Waals surface area contributed by atoms with E-state index in [1.807, 2.05) is 19.2 Å². The van der Waals surface area contributed by atoms with Gasteiger partial charge in [0.15, 0.2) is 0 Å². The molecule has 3 N–H and O–H groups in total. The molecule has 6 heteroatoms. The van der Waals surface area contributed by atoms with Crippen molar-refractivity contribution < 1.29 is 4.79 Å². The van der Waals surface area contributed by atoms with Gasteiger partial charge in [-0.2, -0.15) is 0 Å². The minimum Gasteiger partial charge on any atom is -0.392 e. The molecule has 1 aromatic rings. The zero-order valence-electron chi connectivity index (χ0n) is 10.0. The van der Waals surface area contributed by atoms with Gasteiger partial charge in [0.05, 0.1) is 28.2 Å². The minimum absolute atomic E-state index is 0.108. The topological polar surface area (TPSA) is 68.0 Å². The number of thiazole rings is 1. The van der Waals surface area contributed by atoms with Gasteiger partial charge in [-0.15, -0.1) is 11.3 Å². The van der Waals surface area contributed by atoms with Crippen LogP contribution in [-0.2, 0) is 11.3 Å². The Bertz CT molecular complexity index is 385. The predicted molar refractivity (Wildman–Crippen MR) is 73.8 cm³/mol. The van der Waals surface area contributed by atoms with E-state index in [1.165, 1.54) is 11.3 Å². The second-order valence-corrected chi connectivity index (χ2v) is 4.97. The zero-order valence-corrected chi connectivity index (χ0v) is 11.7. The van der Waals surface area contributed by atoms with Crippen LogP contribution in [0.5, 0.6) is 0 Å². The standard InChI is InChI=1S/C11H17N3OS2/c1-3-11(4-2,9(12)16)10(15)13-5-8-6-17-7-14-8/h6-7H,3-5H2,1-2H3,(H2,12,16)(H,13,15). The number of carbonyl (C=O) groups is 1. The highest BCUT2D eigenvalue weighted by atomic mass is 32.1. The Labute approximate surface area is 111 Å². The van der Waals surface area contributed by atoms with Crippen molar-refractivity contribution >= 4 is 34.5 Å². The number of nitrogens with zero attached hydrogens (tertiary/aromatic N) is 1. The van der Waals surface area contributed by atoms with Crippen molar-refractivity contribution in [1.82, 2.24) is 10.3 Å². The zero-order chi connectivity index (χ0) is 12.9. The van der Waals surface area contributed by atoms with Crippen molar-refractivity contribution in [3.8, 4) is 0 Å². The van der Waals surface area contributed by atoms with Crippen LogP contribution in [0.2, 0.25) is 0 Å². The number of rotatable bonds is 6. The Balaban J connectivity index is 2.69. The third-order valence-corrected chi connectivity index (χ3v) is 4.05. The Morgan fingerprint density at radius 3 is 2.65 bits per heavy atom. The summed E-state index contributed by atoms with van der Waals surface area (Å²) in [5, 5.41) is 4.75. The van der Waals surface area contributed by atoms with Gasteiger partial charge in [-0.1, -0.05) is 26.1 Å². The van der Waals surface area contributed by atoms with Crippen LogP contribution in [0.15, 0.2) is 10.9 Å². The van der Waals surface area contributed by atoms with E-state index >= 15 is 0 Å². The first-order valence-electron chi connectivity index (χ1n) is 5.52. The number of hydrogen-bond acceptors (Lipinski definition) is 4. The molecule has 0 spiro atoms. The van der Waals surface area contributed by atoms with Crippen molar-refractivity contribution in [3.63, 3.8) is 0 Å². The molecule has 0 fully saturated rings. The summed E-state index contributed by atoms with van der Waals surface area (Å²) in [4.78, 5) is 16.5. The van der Waals surface area contributed by atoms with Crippen LogP contribution in [0.1, 0.15) is 32.4 Å². The van der Waals surface area contributed by atoms with Crippen molar-refractivity contribution in [2.75, 3.05) is 0 Å². The van der Waals surface area contributed by atoms with Crippen molar-refractivity contribution in [3.05, 3.63) is 16.6 Å². The fourth-order valence-corrected chi connectivity index (χ4v) is 2.64. The third-order valence-electron chi connectivity index (χ3n) is 3.03. The highest BCUT2D eigenvalue weighted by Gasteiger charge is 2.37. The SMILES string of the molecule is CCC(CC)(C(=O)NCc1cscn1)C(N)=S. The largest absolute Gasteiger partial charge is 0.392 e. The molecule has 0 aliphatic heterocycles. The average molecular weight is 271 g/mol. The van der Waals surface area contributed by atoms with Gasteiger partial charge in [0.25, 0.3) is 0 Å². The molecule has 1 rings (SSSR count). The third kappa shape index (κ3) is 3.01. The van der Waals surface area contributed by atoms with E-state index in [1.54, 1.807) is 5.51 Å². The second kappa shape index (κ2) is 6.07. The smallest absolute Gasteiger partial charge is 0.233 e. The van der Waals surface area contributed by atoms with Crippen LogP contribution in [0, 0.1) is 5.41 Å². The van der Waals surface area contributed by atoms with Gasteiger partial charge in [-0.05, 0) is 12.8 Å². The summed E-state index contributed by atoms with van der Waals surface area (Å²) in [5.41, 5.74) is 7.56. The summed E-state index contributed by atoms with van der Waals surface area (Å²) in [6, 6.07) is 0. The maximum Gasteiger partial charge on any atom is 0.233 e. The highest BCUT2D eigenvalue weighted by molar-refractivity contribution is 7.80. The molecule has 1 heterocycles. The maximum atomic E-state index is 12.2. The second-order valence-electron chi connectivity index (χ2n) is 3.82. The highest BCUT2D eigenvalue weighted by Crippen LogP contribution is 2.27. The molecule has 4 nitrogen and oxygen atoms in total. The van der Waals surface area contributed by atoms with E-state index in [2.05, 4.69) is 10.3 Å². The van der Waals surface area contributed by atoms with Crippen LogP contribution in [0.4, 0.5) is 0 Å². The Morgan fingerprint density at radius 1 is 1.59 bits per heavy atom. The molecule has 0 bridgehead atoms. The lowest BCUT2D eigenvalue weighted by Gasteiger charge is -2.28. The molecule has 0 unspecified atom stereocenters. The number of aromatic nitrogens is 1. The van der Waals surface area contributed by atoms with Crippen LogP contribution in [-0.4, -0.2) is 15.9 Å². The summed E-state index contributed by atoms with van der Waals surface area (Å²) < 4.78 is 0. The fourth-order valence-electron chi connectivity index (χ4n) is 1.70. The van der Waals surface area contributed by atoms with Gasteiger partial charge in [0.2, 0.25) is 5.91 Å². The number of thiocarbonyl (C=S) groups is 1. The summed E-state index contributed by atoms with van der Waals surface area (Å²) in [6.07, 6.45) is 1.23. The Hall–Kier alpha value is -1.01. The normalized spacial score (nSPS) is 11.2. The van der Waals surface area contributed by atoms with E-state index in [4.69, 9.17) is 18.0 Å². The van der Waals surface area contributed by atoms with Crippen molar-refractivity contribution in [2.24, 2.45) is 11.1 Å². The van der Waals surface area contributed by atoms with E-state index in [9.17, 15) is 4.79 Å². The summed E-state index contributed by atoms with van der Waals surface area (Å²) >= 11 is 6.52. The first-order valence-corrected chi connectivity index (χ1v) is 6.87. The van der Waals surface area contributed by atoms with Crippen LogP contribution in [0.3, 0.4) is 0 Å². The first-order chi connectivity index (χ1) is 8.06. The predicted octanol–water partition coefficient (Wildman–Crippen LogP) is 1.85. The number of hydrogen-bond donors (Lipinski definition) is 2. The van der Waals surface area contributed by atoms with Crippen LogP contribution >= 0.6 is 23.6 Å². The van der Waals surface area contributed by atoms with Gasteiger partial charge < -0.3 is 11.1 Å². The Morgan fingerprint density at radius 2 is 2.24 bits per heavy atom. The number of nitrogens with two attached hydrogens (primary N) is 1. The molecule has 0 aromatic carbocycles. The molecule has 0 saturated carbocycles. The van der Waals surface area contributed by atoms with E-state index < -0.39 is 5.41 Å². The van der Waals surface area contributed by atoms with Crippen molar-refractivity contribution in [2.45, 2.75) is 33.2 Å². The maximum absolute atomic E-state index is 12.2. The summed E-state index contributed by atoms with van der Waals surface area (Å²) in [6.45, 7) is 4.27.